The molecule has 0 amide bonds. The van der Waals surface area contributed by atoms with E-state index in [1.807, 2.05) is 6.92 Å². The van der Waals surface area contributed by atoms with Gasteiger partial charge in [0, 0.05) is 12.7 Å². The third-order valence-electron chi connectivity index (χ3n) is 2.25. The zero-order valence-electron chi connectivity index (χ0n) is 11.0. The van der Waals surface area contributed by atoms with Gasteiger partial charge in [0.2, 0.25) is 5.88 Å². The average molecular weight is 284 g/mol. The maximum Gasteiger partial charge on any atom is 0.288 e. The molecule has 0 radical (unpaired) electrons. The molecule has 0 fully saturated rings. The van der Waals surface area contributed by atoms with Crippen molar-refractivity contribution in [1.29, 1.82) is 0 Å². The lowest BCUT2D eigenvalue weighted by atomic mass is 10.2. The van der Waals surface area contributed by atoms with Crippen molar-refractivity contribution >= 4 is 11.5 Å². The van der Waals surface area contributed by atoms with Crippen LogP contribution in [0.2, 0.25) is 0 Å². The van der Waals surface area contributed by atoms with Gasteiger partial charge in [-0.15, -0.1) is 0 Å². The molecule has 20 heavy (non-hydrogen) atoms. The van der Waals surface area contributed by atoms with Gasteiger partial charge in [-0.2, -0.15) is 0 Å². The molecule has 0 aromatic carbocycles. The SMILES string of the molecule is CCCOCCOc1ncc([N+](=O)[O-])cc1C(N)=NO. The van der Waals surface area contributed by atoms with Gasteiger partial charge in [0.1, 0.15) is 12.8 Å². The minimum Gasteiger partial charge on any atom is -0.475 e. The van der Waals surface area contributed by atoms with Gasteiger partial charge in [0.25, 0.3) is 5.69 Å². The molecule has 0 aliphatic carbocycles. The quantitative estimate of drug-likeness (QED) is 0.181. The molecule has 1 aromatic rings. The average Bonchev–Trinajstić information content (AvgIpc) is 2.46. The Morgan fingerprint density at radius 2 is 2.30 bits per heavy atom. The molecule has 1 aromatic heterocycles. The molecule has 0 aliphatic rings. The molecular weight excluding hydrogens is 268 g/mol. The Morgan fingerprint density at radius 1 is 1.55 bits per heavy atom. The molecule has 1 heterocycles. The second kappa shape index (κ2) is 7.89. The van der Waals surface area contributed by atoms with E-state index in [1.165, 1.54) is 0 Å². The van der Waals surface area contributed by atoms with E-state index in [0.717, 1.165) is 18.7 Å². The van der Waals surface area contributed by atoms with Crippen molar-refractivity contribution in [1.82, 2.24) is 4.98 Å². The topological polar surface area (TPSA) is 133 Å². The van der Waals surface area contributed by atoms with E-state index >= 15 is 0 Å². The van der Waals surface area contributed by atoms with E-state index in [0.29, 0.717) is 13.2 Å². The lowest BCUT2D eigenvalue weighted by Crippen LogP contribution is -2.17. The number of hydrogen-bond donors (Lipinski definition) is 2. The van der Waals surface area contributed by atoms with Gasteiger partial charge < -0.3 is 20.4 Å². The van der Waals surface area contributed by atoms with Crippen molar-refractivity contribution in [2.45, 2.75) is 13.3 Å². The molecule has 3 N–H and O–H groups in total. The summed E-state index contributed by atoms with van der Waals surface area (Å²) in [4.78, 5) is 13.8. The third kappa shape index (κ3) is 4.35. The Labute approximate surface area is 115 Å². The van der Waals surface area contributed by atoms with Crippen LogP contribution in [0.5, 0.6) is 5.88 Å². The van der Waals surface area contributed by atoms with Gasteiger partial charge in [0.05, 0.1) is 17.1 Å². The van der Waals surface area contributed by atoms with Gasteiger partial charge in [-0.3, -0.25) is 10.1 Å². The van der Waals surface area contributed by atoms with E-state index in [2.05, 4.69) is 10.1 Å². The number of amidine groups is 1. The molecule has 0 saturated carbocycles. The minimum absolute atomic E-state index is 0.0472. The van der Waals surface area contributed by atoms with Crippen LogP contribution < -0.4 is 10.5 Å². The van der Waals surface area contributed by atoms with Crippen LogP contribution in [0.3, 0.4) is 0 Å². The van der Waals surface area contributed by atoms with E-state index in [-0.39, 0.29) is 29.6 Å². The molecule has 9 heteroatoms. The Kier molecular flexibility index (Phi) is 6.17. The van der Waals surface area contributed by atoms with Crippen molar-refractivity contribution in [2.75, 3.05) is 19.8 Å². The summed E-state index contributed by atoms with van der Waals surface area (Å²) >= 11 is 0. The first-order valence-corrected chi connectivity index (χ1v) is 5.93. The molecule has 0 atom stereocenters. The van der Waals surface area contributed by atoms with Crippen LogP contribution in [0, 0.1) is 10.1 Å². The van der Waals surface area contributed by atoms with Gasteiger partial charge in [-0.25, -0.2) is 4.98 Å². The highest BCUT2D eigenvalue weighted by Crippen LogP contribution is 2.20. The first-order chi connectivity index (χ1) is 9.60. The van der Waals surface area contributed by atoms with Crippen LogP contribution in [-0.4, -0.2) is 40.8 Å². The largest absolute Gasteiger partial charge is 0.475 e. The number of pyridine rings is 1. The van der Waals surface area contributed by atoms with Crippen LogP contribution >= 0.6 is 0 Å². The fourth-order valence-electron chi connectivity index (χ4n) is 1.34. The fourth-order valence-corrected chi connectivity index (χ4v) is 1.34. The van der Waals surface area contributed by atoms with Crippen molar-refractivity contribution in [3.63, 3.8) is 0 Å². The molecule has 110 valence electrons. The number of nitrogens with zero attached hydrogens (tertiary/aromatic N) is 3. The standard InChI is InChI=1S/C11H16N4O5/c1-2-3-19-4-5-20-11-9(10(12)14-16)6-8(7-13-11)15(17)18/h6-7,16H,2-5H2,1H3,(H2,12,14). The zero-order chi connectivity index (χ0) is 15.0. The van der Waals surface area contributed by atoms with Gasteiger partial charge in [-0.05, 0) is 6.42 Å². The Balaban J connectivity index is 2.81. The number of ether oxygens (including phenoxy) is 2. The van der Waals surface area contributed by atoms with E-state index in [9.17, 15) is 10.1 Å². The summed E-state index contributed by atoms with van der Waals surface area (Å²) in [6, 6.07) is 1.13. The van der Waals surface area contributed by atoms with Crippen LogP contribution in [0.15, 0.2) is 17.4 Å². The van der Waals surface area contributed by atoms with E-state index in [1.54, 1.807) is 0 Å². The van der Waals surface area contributed by atoms with Gasteiger partial charge in [-0.1, -0.05) is 12.1 Å². The normalized spacial score (nSPS) is 11.3. The number of oxime groups is 1. The van der Waals surface area contributed by atoms with Crippen LogP contribution in [0.1, 0.15) is 18.9 Å². The molecule has 0 spiro atoms. The highest BCUT2D eigenvalue weighted by atomic mass is 16.6. The van der Waals surface area contributed by atoms with Gasteiger partial charge >= 0.3 is 0 Å². The molecular formula is C11H16N4O5. The molecule has 0 saturated heterocycles. The number of rotatable bonds is 8. The van der Waals surface area contributed by atoms with Crippen molar-refractivity contribution in [2.24, 2.45) is 10.9 Å². The lowest BCUT2D eigenvalue weighted by molar-refractivity contribution is -0.385. The Morgan fingerprint density at radius 3 is 2.90 bits per heavy atom. The van der Waals surface area contributed by atoms with Crippen LogP contribution in [-0.2, 0) is 4.74 Å². The second-order valence-electron chi connectivity index (χ2n) is 3.75. The maximum absolute atomic E-state index is 10.7. The Bertz CT molecular complexity index is 492. The molecule has 0 aliphatic heterocycles. The highest BCUT2D eigenvalue weighted by molar-refractivity contribution is 5.99. The monoisotopic (exact) mass is 284 g/mol. The number of aromatic nitrogens is 1. The molecule has 1 rings (SSSR count). The summed E-state index contributed by atoms with van der Waals surface area (Å²) in [6.07, 6.45) is 1.93. The minimum atomic E-state index is -0.630. The number of nitrogens with two attached hydrogens (primary N) is 1. The molecule has 9 nitrogen and oxygen atoms in total. The Hall–Kier alpha value is -2.42. The fraction of sp³-hybridized carbons (Fsp3) is 0.455. The summed E-state index contributed by atoms with van der Waals surface area (Å²) in [6.45, 7) is 3.15. The lowest BCUT2D eigenvalue weighted by Gasteiger charge is -2.09. The van der Waals surface area contributed by atoms with E-state index in [4.69, 9.17) is 20.4 Å². The summed E-state index contributed by atoms with van der Waals surface area (Å²) in [5.74, 6) is -0.267. The van der Waals surface area contributed by atoms with E-state index < -0.39 is 4.92 Å². The van der Waals surface area contributed by atoms with Crippen molar-refractivity contribution < 1.29 is 19.6 Å². The van der Waals surface area contributed by atoms with Crippen molar-refractivity contribution in [3.05, 3.63) is 27.9 Å². The predicted molar refractivity (Wildman–Crippen MR) is 70.0 cm³/mol. The van der Waals surface area contributed by atoms with Gasteiger partial charge in [0.15, 0.2) is 5.84 Å². The summed E-state index contributed by atoms with van der Waals surface area (Å²) in [5, 5.41) is 22.1. The molecule has 0 unspecified atom stereocenters. The second-order valence-corrected chi connectivity index (χ2v) is 3.75. The molecule has 0 bridgehead atoms. The summed E-state index contributed by atoms with van der Waals surface area (Å²) in [7, 11) is 0. The maximum atomic E-state index is 10.7. The first-order valence-electron chi connectivity index (χ1n) is 5.93. The van der Waals surface area contributed by atoms with Crippen LogP contribution in [0.25, 0.3) is 0 Å². The predicted octanol–water partition coefficient (Wildman–Crippen LogP) is 0.890. The summed E-state index contributed by atoms with van der Waals surface area (Å²) in [5.41, 5.74) is 5.22. The third-order valence-corrected chi connectivity index (χ3v) is 2.25. The first kappa shape index (κ1) is 15.6. The van der Waals surface area contributed by atoms with Crippen molar-refractivity contribution in [3.8, 4) is 5.88 Å². The number of nitro groups is 1. The smallest absolute Gasteiger partial charge is 0.288 e. The summed E-state index contributed by atoms with van der Waals surface area (Å²) < 4.78 is 10.5. The highest BCUT2D eigenvalue weighted by Gasteiger charge is 2.16. The zero-order valence-corrected chi connectivity index (χ0v) is 11.0. The number of hydrogen-bond acceptors (Lipinski definition) is 7. The van der Waals surface area contributed by atoms with Crippen LogP contribution in [0.4, 0.5) is 5.69 Å².